The van der Waals surface area contributed by atoms with Crippen LogP contribution in [0.4, 0.5) is 0 Å². The second-order valence-corrected chi connectivity index (χ2v) is 5.24. The summed E-state index contributed by atoms with van der Waals surface area (Å²) < 4.78 is 0. The molecular formula is C10H22N2O2. The highest BCUT2D eigenvalue weighted by Gasteiger charge is 2.34. The minimum absolute atomic E-state index is 0.118. The summed E-state index contributed by atoms with van der Waals surface area (Å²) in [7, 11) is 0. The van der Waals surface area contributed by atoms with E-state index in [-0.39, 0.29) is 17.6 Å². The molecule has 0 saturated carbocycles. The van der Waals surface area contributed by atoms with Crippen molar-refractivity contribution in [2.45, 2.75) is 45.6 Å². The molecule has 4 nitrogen and oxygen atoms in total. The van der Waals surface area contributed by atoms with Crippen LogP contribution in [0, 0.1) is 5.41 Å². The average molecular weight is 202 g/mol. The first-order chi connectivity index (χ1) is 6.32. The van der Waals surface area contributed by atoms with Gasteiger partial charge in [-0.15, -0.1) is 0 Å². The van der Waals surface area contributed by atoms with Gasteiger partial charge in [-0.2, -0.15) is 0 Å². The van der Waals surface area contributed by atoms with Crippen molar-refractivity contribution in [1.82, 2.24) is 4.90 Å². The molecule has 3 atom stereocenters. The molecule has 1 unspecified atom stereocenters. The summed E-state index contributed by atoms with van der Waals surface area (Å²) in [5, 5.41) is 19.3. The SMILES string of the molecule is CC(C)(C)[C@H](N)C(O)N1CC[C@H](O)C1. The van der Waals surface area contributed by atoms with Crippen LogP contribution in [0.2, 0.25) is 0 Å². The van der Waals surface area contributed by atoms with Gasteiger partial charge in [-0.05, 0) is 11.8 Å². The molecule has 0 bridgehead atoms. The highest BCUT2D eigenvalue weighted by molar-refractivity contribution is 4.87. The molecule has 0 amide bonds. The van der Waals surface area contributed by atoms with Crippen molar-refractivity contribution < 1.29 is 10.2 Å². The molecule has 0 aromatic carbocycles. The third-order valence-corrected chi connectivity index (χ3v) is 2.89. The van der Waals surface area contributed by atoms with E-state index in [0.717, 1.165) is 13.0 Å². The molecule has 1 heterocycles. The van der Waals surface area contributed by atoms with Crippen LogP contribution in [0.25, 0.3) is 0 Å². The zero-order valence-electron chi connectivity index (χ0n) is 9.27. The number of aliphatic hydroxyl groups is 2. The fourth-order valence-corrected chi connectivity index (χ4v) is 1.68. The van der Waals surface area contributed by atoms with Crippen LogP contribution >= 0.6 is 0 Å². The van der Waals surface area contributed by atoms with Gasteiger partial charge in [0.2, 0.25) is 0 Å². The maximum Gasteiger partial charge on any atom is 0.123 e. The summed E-state index contributed by atoms with van der Waals surface area (Å²) in [5.74, 6) is 0. The van der Waals surface area contributed by atoms with Gasteiger partial charge in [0.25, 0.3) is 0 Å². The van der Waals surface area contributed by atoms with E-state index in [9.17, 15) is 10.2 Å². The molecule has 1 saturated heterocycles. The molecule has 0 radical (unpaired) electrons. The minimum Gasteiger partial charge on any atom is -0.392 e. The molecule has 0 aromatic rings. The van der Waals surface area contributed by atoms with Crippen molar-refractivity contribution in [3.8, 4) is 0 Å². The van der Waals surface area contributed by atoms with Crippen LogP contribution in [-0.2, 0) is 0 Å². The normalized spacial score (nSPS) is 29.1. The molecule has 0 aromatic heterocycles. The molecule has 4 heteroatoms. The predicted molar refractivity (Wildman–Crippen MR) is 55.6 cm³/mol. The van der Waals surface area contributed by atoms with Gasteiger partial charge >= 0.3 is 0 Å². The summed E-state index contributed by atoms with van der Waals surface area (Å²) in [5.41, 5.74) is 5.83. The molecule has 1 rings (SSSR count). The van der Waals surface area contributed by atoms with E-state index in [0.29, 0.717) is 6.54 Å². The van der Waals surface area contributed by atoms with Gasteiger partial charge in [-0.1, -0.05) is 20.8 Å². The Bertz CT molecular complexity index is 191. The second kappa shape index (κ2) is 4.14. The van der Waals surface area contributed by atoms with Gasteiger partial charge in [-0.3, -0.25) is 4.90 Å². The number of β-amino-alcohol motifs (C(OH)–C–C–N with tert-alkyl or cyclic N) is 1. The number of likely N-dealkylation sites (tertiary alicyclic amines) is 1. The van der Waals surface area contributed by atoms with Crippen LogP contribution in [-0.4, -0.2) is 46.6 Å². The van der Waals surface area contributed by atoms with Crippen molar-refractivity contribution in [1.29, 1.82) is 0 Å². The summed E-state index contributed by atoms with van der Waals surface area (Å²) in [6.45, 7) is 7.28. The number of aliphatic hydroxyl groups excluding tert-OH is 2. The monoisotopic (exact) mass is 202 g/mol. The summed E-state index contributed by atoms with van der Waals surface area (Å²) >= 11 is 0. The maximum atomic E-state index is 9.96. The lowest BCUT2D eigenvalue weighted by molar-refractivity contribution is -0.0328. The highest BCUT2D eigenvalue weighted by atomic mass is 16.3. The lowest BCUT2D eigenvalue weighted by Crippen LogP contribution is -2.53. The average Bonchev–Trinajstić information content (AvgIpc) is 2.47. The third kappa shape index (κ3) is 2.67. The van der Waals surface area contributed by atoms with E-state index in [4.69, 9.17) is 5.73 Å². The highest BCUT2D eigenvalue weighted by Crippen LogP contribution is 2.23. The maximum absolute atomic E-state index is 9.96. The van der Waals surface area contributed by atoms with E-state index in [1.807, 2.05) is 25.7 Å². The molecule has 0 spiro atoms. The molecule has 0 aliphatic carbocycles. The molecule has 1 fully saturated rings. The van der Waals surface area contributed by atoms with Gasteiger partial charge in [0, 0.05) is 19.1 Å². The minimum atomic E-state index is -0.646. The summed E-state index contributed by atoms with van der Waals surface area (Å²) in [4.78, 5) is 1.85. The van der Waals surface area contributed by atoms with Crippen molar-refractivity contribution in [3.63, 3.8) is 0 Å². The Labute approximate surface area is 85.7 Å². The standard InChI is InChI=1S/C10H22N2O2/c1-10(2,3)8(11)9(14)12-5-4-7(13)6-12/h7-9,13-14H,4-6,11H2,1-3H3/t7-,8+,9?/m0/s1. The van der Waals surface area contributed by atoms with Gasteiger partial charge in [0.1, 0.15) is 6.23 Å². The molecule has 1 aliphatic rings. The fraction of sp³-hybridized carbons (Fsp3) is 1.00. The Morgan fingerprint density at radius 2 is 2.00 bits per heavy atom. The zero-order valence-corrected chi connectivity index (χ0v) is 9.27. The molecule has 1 aliphatic heterocycles. The Kier molecular flexibility index (Phi) is 3.53. The number of hydrogen-bond donors (Lipinski definition) is 3. The van der Waals surface area contributed by atoms with E-state index in [2.05, 4.69) is 0 Å². The number of nitrogens with zero attached hydrogens (tertiary/aromatic N) is 1. The molecular weight excluding hydrogens is 180 g/mol. The largest absolute Gasteiger partial charge is 0.392 e. The van der Waals surface area contributed by atoms with Gasteiger partial charge < -0.3 is 15.9 Å². The van der Waals surface area contributed by atoms with E-state index >= 15 is 0 Å². The zero-order chi connectivity index (χ0) is 10.9. The quantitative estimate of drug-likeness (QED) is 0.577. The Morgan fingerprint density at radius 3 is 2.36 bits per heavy atom. The summed E-state index contributed by atoms with van der Waals surface area (Å²) in [6, 6.07) is -0.284. The Morgan fingerprint density at radius 1 is 1.43 bits per heavy atom. The first-order valence-corrected chi connectivity index (χ1v) is 5.18. The van der Waals surface area contributed by atoms with Crippen LogP contribution in [0.1, 0.15) is 27.2 Å². The van der Waals surface area contributed by atoms with Crippen molar-refractivity contribution in [3.05, 3.63) is 0 Å². The first-order valence-electron chi connectivity index (χ1n) is 5.18. The van der Waals surface area contributed by atoms with E-state index in [1.54, 1.807) is 0 Å². The predicted octanol–water partition coefficient (Wildman–Crippen LogP) is -0.255. The van der Waals surface area contributed by atoms with Crippen LogP contribution in [0.3, 0.4) is 0 Å². The summed E-state index contributed by atoms with van der Waals surface area (Å²) in [6.07, 6.45) is -0.225. The number of nitrogens with two attached hydrogens (primary N) is 1. The fourth-order valence-electron chi connectivity index (χ4n) is 1.68. The van der Waals surface area contributed by atoms with E-state index in [1.165, 1.54) is 0 Å². The van der Waals surface area contributed by atoms with Crippen molar-refractivity contribution in [2.24, 2.45) is 11.1 Å². The van der Waals surface area contributed by atoms with E-state index < -0.39 is 6.23 Å². The first kappa shape index (κ1) is 11.9. The smallest absolute Gasteiger partial charge is 0.123 e. The van der Waals surface area contributed by atoms with Gasteiger partial charge in [0.05, 0.1) is 6.10 Å². The van der Waals surface area contributed by atoms with Crippen molar-refractivity contribution >= 4 is 0 Å². The van der Waals surface area contributed by atoms with Gasteiger partial charge in [-0.25, -0.2) is 0 Å². The molecule has 84 valence electrons. The number of rotatable bonds is 2. The van der Waals surface area contributed by atoms with Crippen LogP contribution in [0.5, 0.6) is 0 Å². The lowest BCUT2D eigenvalue weighted by Gasteiger charge is -2.35. The Balaban J connectivity index is 2.52. The van der Waals surface area contributed by atoms with Crippen LogP contribution < -0.4 is 5.73 Å². The molecule has 4 N–H and O–H groups in total. The number of hydrogen-bond acceptors (Lipinski definition) is 4. The third-order valence-electron chi connectivity index (χ3n) is 2.89. The van der Waals surface area contributed by atoms with Gasteiger partial charge in [0.15, 0.2) is 0 Å². The van der Waals surface area contributed by atoms with Crippen molar-refractivity contribution in [2.75, 3.05) is 13.1 Å². The topological polar surface area (TPSA) is 69.7 Å². The Hall–Kier alpha value is -0.160. The lowest BCUT2D eigenvalue weighted by atomic mass is 9.86. The molecule has 14 heavy (non-hydrogen) atoms. The van der Waals surface area contributed by atoms with Crippen LogP contribution in [0.15, 0.2) is 0 Å². The second-order valence-electron chi connectivity index (χ2n) is 5.24.